The number of esters is 1. The van der Waals surface area contributed by atoms with E-state index in [-0.39, 0.29) is 0 Å². The summed E-state index contributed by atoms with van der Waals surface area (Å²) < 4.78 is 44.2. The van der Waals surface area contributed by atoms with E-state index in [4.69, 9.17) is 4.74 Å². The van der Waals surface area contributed by atoms with Gasteiger partial charge in [0.15, 0.2) is 24.1 Å². The molecule has 24 heavy (non-hydrogen) atoms. The van der Waals surface area contributed by atoms with Crippen LogP contribution in [0.2, 0.25) is 0 Å². The predicted molar refractivity (Wildman–Crippen MR) is 81.1 cm³/mol. The minimum atomic E-state index is -1.69. The first-order valence-corrected chi connectivity index (χ1v) is 6.97. The Morgan fingerprint density at radius 3 is 2.46 bits per heavy atom. The third-order valence-electron chi connectivity index (χ3n) is 3.26. The van der Waals surface area contributed by atoms with E-state index in [1.807, 2.05) is 11.4 Å². The molecule has 0 aliphatic carbocycles. The molecule has 0 spiro atoms. The number of amides is 1. The second kappa shape index (κ2) is 7.16. The summed E-state index contributed by atoms with van der Waals surface area (Å²) in [4.78, 5) is 23.6. The summed E-state index contributed by atoms with van der Waals surface area (Å²) in [6.07, 6.45) is 0. The lowest BCUT2D eigenvalue weighted by Gasteiger charge is -2.09. The molecule has 7 heteroatoms. The molecule has 1 N–H and O–H groups in total. The number of ether oxygens (including phenoxy) is 1. The summed E-state index contributed by atoms with van der Waals surface area (Å²) in [5.74, 6) is -6.17. The maximum absolute atomic E-state index is 13.4. The van der Waals surface area contributed by atoms with Gasteiger partial charge in [-0.25, -0.2) is 18.0 Å². The Balaban J connectivity index is 2.00. The number of halogens is 3. The van der Waals surface area contributed by atoms with E-state index in [0.29, 0.717) is 17.2 Å². The zero-order valence-corrected chi connectivity index (χ0v) is 13.0. The Morgan fingerprint density at radius 2 is 1.75 bits per heavy atom. The van der Waals surface area contributed by atoms with Crippen LogP contribution < -0.4 is 5.32 Å². The molecule has 0 saturated carbocycles. The summed E-state index contributed by atoms with van der Waals surface area (Å²) in [6, 6.07) is 6.73. The number of hydrogen-bond acceptors (Lipinski definition) is 3. The SMILES string of the molecule is Cc1ccc(C)c(C(=O)OCC(=O)Nc2ccc(F)c(F)c2F)c1. The second-order valence-corrected chi connectivity index (χ2v) is 5.17. The van der Waals surface area contributed by atoms with Crippen molar-refractivity contribution < 1.29 is 27.5 Å². The molecule has 0 atom stereocenters. The first kappa shape index (κ1) is 17.5. The molecule has 2 aromatic carbocycles. The average Bonchev–Trinajstić information content (AvgIpc) is 2.55. The monoisotopic (exact) mass is 337 g/mol. The van der Waals surface area contributed by atoms with Gasteiger partial charge in [-0.1, -0.05) is 17.7 Å². The van der Waals surface area contributed by atoms with Gasteiger partial charge >= 0.3 is 5.97 Å². The van der Waals surface area contributed by atoms with E-state index >= 15 is 0 Å². The zero-order chi connectivity index (χ0) is 17.9. The zero-order valence-electron chi connectivity index (χ0n) is 13.0. The highest BCUT2D eigenvalue weighted by molar-refractivity contribution is 5.96. The average molecular weight is 337 g/mol. The van der Waals surface area contributed by atoms with Crippen LogP contribution in [0.5, 0.6) is 0 Å². The van der Waals surface area contributed by atoms with Crippen molar-refractivity contribution in [1.82, 2.24) is 0 Å². The molecule has 126 valence electrons. The van der Waals surface area contributed by atoms with Crippen LogP contribution in [-0.4, -0.2) is 18.5 Å². The Labute approximate surface area is 136 Å². The van der Waals surface area contributed by atoms with Crippen LogP contribution >= 0.6 is 0 Å². The van der Waals surface area contributed by atoms with Gasteiger partial charge in [0.05, 0.1) is 11.3 Å². The van der Waals surface area contributed by atoms with Crippen molar-refractivity contribution in [2.75, 3.05) is 11.9 Å². The number of aryl methyl sites for hydroxylation is 2. The summed E-state index contributed by atoms with van der Waals surface area (Å²) in [5.41, 5.74) is 1.29. The molecule has 0 aromatic heterocycles. The number of hydrogen-bond donors (Lipinski definition) is 1. The van der Waals surface area contributed by atoms with E-state index in [2.05, 4.69) is 0 Å². The van der Waals surface area contributed by atoms with Crippen LogP contribution in [0, 0.1) is 31.3 Å². The third-order valence-corrected chi connectivity index (χ3v) is 3.26. The van der Waals surface area contributed by atoms with E-state index in [1.165, 1.54) is 0 Å². The molecule has 2 aromatic rings. The minimum absolute atomic E-state index is 0.307. The highest BCUT2D eigenvalue weighted by atomic mass is 19.2. The van der Waals surface area contributed by atoms with Crippen LogP contribution in [0.4, 0.5) is 18.9 Å². The van der Waals surface area contributed by atoms with Crippen molar-refractivity contribution in [2.24, 2.45) is 0 Å². The summed E-state index contributed by atoms with van der Waals surface area (Å²) in [5, 5.41) is 2.01. The predicted octanol–water partition coefficient (Wildman–Crippen LogP) is 3.52. The lowest BCUT2D eigenvalue weighted by Crippen LogP contribution is -2.22. The van der Waals surface area contributed by atoms with E-state index in [1.54, 1.807) is 26.0 Å². The van der Waals surface area contributed by atoms with Crippen LogP contribution in [-0.2, 0) is 9.53 Å². The van der Waals surface area contributed by atoms with Crippen molar-refractivity contribution in [3.8, 4) is 0 Å². The van der Waals surface area contributed by atoms with Gasteiger partial charge in [-0.3, -0.25) is 4.79 Å². The maximum atomic E-state index is 13.4. The summed E-state index contributed by atoms with van der Waals surface area (Å²) in [7, 11) is 0. The Bertz CT molecular complexity index is 806. The summed E-state index contributed by atoms with van der Waals surface area (Å²) in [6.45, 7) is 2.83. The van der Waals surface area contributed by atoms with E-state index in [9.17, 15) is 22.8 Å². The first-order valence-electron chi connectivity index (χ1n) is 6.97. The molecule has 0 heterocycles. The second-order valence-electron chi connectivity index (χ2n) is 5.17. The van der Waals surface area contributed by atoms with Gasteiger partial charge in [0.2, 0.25) is 0 Å². The van der Waals surface area contributed by atoms with Crippen molar-refractivity contribution >= 4 is 17.6 Å². The van der Waals surface area contributed by atoms with Crippen LogP contribution in [0.1, 0.15) is 21.5 Å². The molecule has 0 fully saturated rings. The van der Waals surface area contributed by atoms with Gasteiger partial charge in [0.1, 0.15) is 0 Å². The Hall–Kier alpha value is -2.83. The normalized spacial score (nSPS) is 10.4. The number of nitrogens with one attached hydrogen (secondary N) is 1. The molecular formula is C17H14F3NO3. The number of benzene rings is 2. The quantitative estimate of drug-likeness (QED) is 0.686. The Morgan fingerprint density at radius 1 is 1.04 bits per heavy atom. The molecule has 1 amide bonds. The van der Waals surface area contributed by atoms with Gasteiger partial charge in [-0.05, 0) is 37.6 Å². The number of rotatable bonds is 4. The minimum Gasteiger partial charge on any atom is -0.452 e. The third kappa shape index (κ3) is 3.92. The van der Waals surface area contributed by atoms with Gasteiger partial charge in [0.25, 0.3) is 5.91 Å². The van der Waals surface area contributed by atoms with Crippen molar-refractivity contribution in [3.63, 3.8) is 0 Å². The van der Waals surface area contributed by atoms with E-state index in [0.717, 1.165) is 11.6 Å². The standard InChI is InChI=1S/C17H14F3NO3/c1-9-3-4-10(2)11(7-9)17(23)24-8-14(22)21-13-6-5-12(18)15(19)16(13)20/h3-7H,8H2,1-2H3,(H,21,22). The van der Waals surface area contributed by atoms with Gasteiger partial charge in [-0.15, -0.1) is 0 Å². The summed E-state index contributed by atoms with van der Waals surface area (Å²) >= 11 is 0. The lowest BCUT2D eigenvalue weighted by atomic mass is 10.1. The number of anilines is 1. The molecular weight excluding hydrogens is 323 g/mol. The van der Waals surface area contributed by atoms with Crippen LogP contribution in [0.3, 0.4) is 0 Å². The largest absolute Gasteiger partial charge is 0.452 e. The topological polar surface area (TPSA) is 55.4 Å². The highest BCUT2D eigenvalue weighted by Crippen LogP contribution is 2.19. The molecule has 0 radical (unpaired) electrons. The number of carbonyl (C=O) groups excluding carboxylic acids is 2. The molecule has 0 aliphatic rings. The Kier molecular flexibility index (Phi) is 5.23. The molecule has 0 unspecified atom stereocenters. The molecule has 2 rings (SSSR count). The van der Waals surface area contributed by atoms with Gasteiger partial charge < -0.3 is 10.1 Å². The van der Waals surface area contributed by atoms with Gasteiger partial charge in [-0.2, -0.15) is 0 Å². The molecule has 0 bridgehead atoms. The fourth-order valence-corrected chi connectivity index (χ4v) is 1.97. The van der Waals surface area contributed by atoms with Crippen molar-refractivity contribution in [1.29, 1.82) is 0 Å². The van der Waals surface area contributed by atoms with Crippen LogP contribution in [0.25, 0.3) is 0 Å². The fourth-order valence-electron chi connectivity index (χ4n) is 1.97. The smallest absolute Gasteiger partial charge is 0.338 e. The van der Waals surface area contributed by atoms with Crippen molar-refractivity contribution in [3.05, 3.63) is 64.5 Å². The first-order chi connectivity index (χ1) is 11.3. The van der Waals surface area contributed by atoms with Crippen LogP contribution in [0.15, 0.2) is 30.3 Å². The maximum Gasteiger partial charge on any atom is 0.338 e. The lowest BCUT2D eigenvalue weighted by molar-refractivity contribution is -0.119. The van der Waals surface area contributed by atoms with Gasteiger partial charge in [0, 0.05) is 0 Å². The molecule has 0 aliphatic heterocycles. The van der Waals surface area contributed by atoms with E-state index < -0.39 is 41.6 Å². The molecule has 4 nitrogen and oxygen atoms in total. The highest BCUT2D eigenvalue weighted by Gasteiger charge is 2.17. The van der Waals surface area contributed by atoms with Crippen molar-refractivity contribution in [2.45, 2.75) is 13.8 Å². The molecule has 0 saturated heterocycles. The number of carbonyl (C=O) groups is 2. The fraction of sp³-hybridized carbons (Fsp3) is 0.176.